The van der Waals surface area contributed by atoms with Crippen LogP contribution >= 0.6 is 0 Å². The summed E-state index contributed by atoms with van der Waals surface area (Å²) in [6.45, 7) is 14.6. The van der Waals surface area contributed by atoms with Crippen molar-refractivity contribution in [1.29, 1.82) is 0 Å². The number of nitrogens with one attached hydrogen (secondary N) is 3. The van der Waals surface area contributed by atoms with E-state index < -0.39 is 0 Å². The zero-order valence-electron chi connectivity index (χ0n) is 32.4. The van der Waals surface area contributed by atoms with Crippen molar-refractivity contribution in [3.8, 4) is 34.4 Å². The molecular formula is C41H46N12O2. The Morgan fingerprint density at radius 2 is 1.15 bits per heavy atom. The van der Waals surface area contributed by atoms with E-state index in [4.69, 9.17) is 9.97 Å². The Balaban J connectivity index is 0.000000169. The molecule has 0 saturated heterocycles. The predicted molar refractivity (Wildman–Crippen MR) is 212 cm³/mol. The first-order chi connectivity index (χ1) is 26.4. The van der Waals surface area contributed by atoms with Gasteiger partial charge in [-0.25, -0.2) is 19.3 Å². The lowest BCUT2D eigenvalue weighted by Crippen LogP contribution is -2.26. The van der Waals surface area contributed by atoms with Gasteiger partial charge >= 0.3 is 0 Å². The van der Waals surface area contributed by atoms with Gasteiger partial charge < -0.3 is 20.9 Å². The minimum atomic E-state index is -0.173. The molecule has 2 amide bonds. The monoisotopic (exact) mass is 738 g/mol. The summed E-state index contributed by atoms with van der Waals surface area (Å²) in [5.41, 5.74) is 12.5. The molecule has 2 aliphatic rings. The lowest BCUT2D eigenvalue weighted by atomic mass is 9.96. The zero-order valence-corrected chi connectivity index (χ0v) is 32.4. The summed E-state index contributed by atoms with van der Waals surface area (Å²) in [5, 5.41) is 17.9. The number of hydrogen-bond acceptors (Lipinski definition) is 10. The van der Waals surface area contributed by atoms with Gasteiger partial charge in [-0.3, -0.25) is 9.59 Å². The van der Waals surface area contributed by atoms with Gasteiger partial charge in [0.05, 0.1) is 22.8 Å². The molecule has 0 fully saturated rings. The first-order valence-electron chi connectivity index (χ1n) is 18.4. The van der Waals surface area contributed by atoms with E-state index >= 15 is 0 Å². The largest absolute Gasteiger partial charge is 0.312 e. The van der Waals surface area contributed by atoms with Crippen molar-refractivity contribution in [2.75, 3.05) is 30.8 Å². The highest BCUT2D eigenvalue weighted by atomic mass is 16.2. The van der Waals surface area contributed by atoms with Crippen molar-refractivity contribution >= 4 is 23.5 Å². The fourth-order valence-corrected chi connectivity index (χ4v) is 7.00. The van der Waals surface area contributed by atoms with Crippen LogP contribution in [0.2, 0.25) is 0 Å². The molecule has 2 aliphatic heterocycles. The average molecular weight is 739 g/mol. The summed E-state index contributed by atoms with van der Waals surface area (Å²) < 4.78 is 3.40. The highest BCUT2D eigenvalue weighted by molar-refractivity contribution is 5.89. The Hall–Kier alpha value is -6.12. The number of amides is 2. The fraction of sp³-hybridized carbons (Fsp3) is 0.317. The summed E-state index contributed by atoms with van der Waals surface area (Å²) in [6, 6.07) is 20.4. The van der Waals surface area contributed by atoms with E-state index in [1.165, 1.54) is 36.1 Å². The first-order valence-corrected chi connectivity index (χ1v) is 18.4. The molecule has 2 aromatic carbocycles. The second-order valence-electron chi connectivity index (χ2n) is 14.3. The Morgan fingerprint density at radius 3 is 1.64 bits per heavy atom. The van der Waals surface area contributed by atoms with Crippen LogP contribution in [-0.4, -0.2) is 76.3 Å². The van der Waals surface area contributed by atoms with E-state index in [0.29, 0.717) is 23.5 Å². The second kappa shape index (κ2) is 15.7. The fourth-order valence-electron chi connectivity index (χ4n) is 7.00. The number of nitrogens with zero attached hydrogens (tertiary/aromatic N) is 9. The number of aromatic nitrogens is 8. The van der Waals surface area contributed by atoms with E-state index in [9.17, 15) is 9.59 Å². The van der Waals surface area contributed by atoms with Crippen molar-refractivity contribution in [3.63, 3.8) is 0 Å². The minimum absolute atomic E-state index is 0.170. The molecule has 0 saturated carbocycles. The van der Waals surface area contributed by atoms with E-state index in [-0.39, 0.29) is 11.8 Å². The molecule has 14 heteroatoms. The minimum Gasteiger partial charge on any atom is -0.312 e. The third-order valence-electron chi connectivity index (χ3n) is 9.53. The van der Waals surface area contributed by atoms with Crippen LogP contribution in [0.25, 0.3) is 34.4 Å². The van der Waals surface area contributed by atoms with Crippen molar-refractivity contribution < 1.29 is 9.59 Å². The lowest BCUT2D eigenvalue weighted by molar-refractivity contribution is -0.115. The number of benzene rings is 2. The maximum absolute atomic E-state index is 11.6. The Bertz CT molecular complexity index is 2410. The van der Waals surface area contributed by atoms with Crippen molar-refractivity contribution in [3.05, 3.63) is 106 Å². The van der Waals surface area contributed by atoms with Crippen LogP contribution in [0, 0.1) is 27.7 Å². The van der Waals surface area contributed by atoms with Crippen LogP contribution in [0.3, 0.4) is 0 Å². The van der Waals surface area contributed by atoms with E-state index in [0.717, 1.165) is 84.3 Å². The number of rotatable bonds is 6. The molecule has 4 aromatic heterocycles. The highest BCUT2D eigenvalue weighted by Crippen LogP contribution is 2.28. The molecule has 0 aliphatic carbocycles. The smallest absolute Gasteiger partial charge is 0.253 e. The average Bonchev–Trinajstić information content (AvgIpc) is 3.68. The molecular weight excluding hydrogens is 693 g/mol. The highest BCUT2D eigenvalue weighted by Gasteiger charge is 2.18. The van der Waals surface area contributed by atoms with Crippen LogP contribution < -0.4 is 16.0 Å². The Morgan fingerprint density at radius 1 is 0.636 bits per heavy atom. The van der Waals surface area contributed by atoms with Crippen molar-refractivity contribution in [2.24, 2.45) is 0 Å². The molecule has 6 aromatic rings. The lowest BCUT2D eigenvalue weighted by Gasteiger charge is -2.25. The molecule has 0 atom stereocenters. The molecule has 282 valence electrons. The van der Waals surface area contributed by atoms with E-state index in [1.807, 2.05) is 45.9 Å². The van der Waals surface area contributed by atoms with Crippen molar-refractivity contribution in [1.82, 2.24) is 49.7 Å². The Kier molecular flexibility index (Phi) is 10.6. The SMILES string of the molecule is CC(=O)Nc1cc(-c2ccc3c(c2)CN(C)CC3)nc(-n2nc(C)cc2C)n1.CC(=O)Nc1cc(-c2ccc3c(c2)CNCC3)nc(-n2nc(C)cc2C)n1. The maximum atomic E-state index is 11.6. The summed E-state index contributed by atoms with van der Waals surface area (Å²) in [4.78, 5) is 43.9. The van der Waals surface area contributed by atoms with Crippen LogP contribution in [0.5, 0.6) is 0 Å². The van der Waals surface area contributed by atoms with Gasteiger partial charge in [0.1, 0.15) is 11.6 Å². The van der Waals surface area contributed by atoms with Gasteiger partial charge in [-0.15, -0.1) is 0 Å². The number of fused-ring (bicyclic) bond motifs is 2. The van der Waals surface area contributed by atoms with Gasteiger partial charge in [-0.1, -0.05) is 24.3 Å². The molecule has 14 nitrogen and oxygen atoms in total. The van der Waals surface area contributed by atoms with Gasteiger partial charge in [0.25, 0.3) is 11.9 Å². The maximum Gasteiger partial charge on any atom is 0.253 e. The molecule has 3 N–H and O–H groups in total. The third kappa shape index (κ3) is 8.66. The van der Waals surface area contributed by atoms with Gasteiger partial charge in [-0.05, 0) is 101 Å². The quantitative estimate of drug-likeness (QED) is 0.201. The summed E-state index contributed by atoms with van der Waals surface area (Å²) in [5.74, 6) is 1.48. The molecule has 8 rings (SSSR count). The Labute approximate surface area is 320 Å². The van der Waals surface area contributed by atoms with Gasteiger partial charge in [0, 0.05) is 68.1 Å². The van der Waals surface area contributed by atoms with Gasteiger partial charge in [0.2, 0.25) is 11.8 Å². The van der Waals surface area contributed by atoms with Crippen LogP contribution in [0.1, 0.15) is 58.9 Å². The molecule has 6 heterocycles. The van der Waals surface area contributed by atoms with Crippen LogP contribution in [0.4, 0.5) is 11.6 Å². The first kappa shape index (κ1) is 37.2. The van der Waals surface area contributed by atoms with Gasteiger partial charge in [0.15, 0.2) is 0 Å². The number of carbonyl (C=O) groups excluding carboxylic acids is 2. The topological polar surface area (TPSA) is 161 Å². The number of anilines is 2. The summed E-state index contributed by atoms with van der Waals surface area (Å²) in [6.07, 6.45) is 2.09. The molecule has 0 bridgehead atoms. The van der Waals surface area contributed by atoms with E-state index in [1.54, 1.807) is 15.4 Å². The third-order valence-corrected chi connectivity index (χ3v) is 9.53. The predicted octanol–water partition coefficient (Wildman–Crippen LogP) is 5.44. The molecule has 55 heavy (non-hydrogen) atoms. The van der Waals surface area contributed by atoms with Crippen molar-refractivity contribution in [2.45, 2.75) is 67.5 Å². The summed E-state index contributed by atoms with van der Waals surface area (Å²) >= 11 is 0. The second-order valence-corrected chi connectivity index (χ2v) is 14.3. The zero-order chi connectivity index (χ0) is 38.8. The normalized spacial score (nSPS) is 13.7. The summed E-state index contributed by atoms with van der Waals surface area (Å²) in [7, 11) is 2.14. The molecule has 0 spiro atoms. The van der Waals surface area contributed by atoms with Crippen LogP contribution in [0.15, 0.2) is 60.7 Å². The molecule has 0 unspecified atom stereocenters. The van der Waals surface area contributed by atoms with E-state index in [2.05, 4.69) is 84.5 Å². The number of hydrogen-bond donors (Lipinski definition) is 3. The van der Waals surface area contributed by atoms with Crippen LogP contribution in [-0.2, 0) is 35.5 Å². The van der Waals surface area contributed by atoms with Gasteiger partial charge in [-0.2, -0.15) is 20.2 Å². The molecule has 0 radical (unpaired) electrons. The number of carbonyl (C=O) groups is 2. The standard InChI is InChI=1S/C21H24N6O.C20H22N6O/c1-13-9-14(2)27(25-13)21-23-19(11-20(24-21)22-15(3)28)17-6-5-16-7-8-26(4)12-18(16)10-17;1-12-8-13(2)26(25-12)20-23-18(10-19(24-20)22-14(3)27)16-5-4-15-6-7-21-11-17(15)9-16/h5-6,9-11H,7-8,12H2,1-4H3,(H,22,23,24,28);4-5,8-10,21H,6-7,11H2,1-3H3,(H,22,23,24,27). The number of likely N-dealkylation sites (N-methyl/N-ethyl adjacent to an activating group) is 1. The number of aryl methyl sites for hydroxylation is 4.